The van der Waals surface area contributed by atoms with Crippen molar-refractivity contribution in [2.45, 2.75) is 13.5 Å². The summed E-state index contributed by atoms with van der Waals surface area (Å²) < 4.78 is 6.87. The minimum atomic E-state index is 0.604. The van der Waals surface area contributed by atoms with E-state index in [2.05, 4.69) is 25.3 Å². The van der Waals surface area contributed by atoms with Crippen molar-refractivity contribution in [1.82, 2.24) is 29.9 Å². The molecule has 3 aromatic rings. The van der Waals surface area contributed by atoms with Gasteiger partial charge in [0.15, 0.2) is 0 Å². The Bertz CT molecular complexity index is 701. The number of rotatable bonds is 4. The largest absolute Gasteiger partial charge is 0.383 e. The molecule has 0 aliphatic rings. The summed E-state index contributed by atoms with van der Waals surface area (Å²) in [6.07, 6.45) is 3.37. The molecule has 3 heterocycles. The predicted molar refractivity (Wildman–Crippen MR) is 69.5 cm³/mol. The van der Waals surface area contributed by atoms with Crippen LogP contribution in [0.3, 0.4) is 0 Å². The fourth-order valence-electron chi connectivity index (χ4n) is 2.03. The van der Waals surface area contributed by atoms with Crippen LogP contribution in [0.25, 0.3) is 22.4 Å². The number of methoxy groups -OCH3 is 1. The summed E-state index contributed by atoms with van der Waals surface area (Å²) >= 11 is 0. The van der Waals surface area contributed by atoms with Crippen LogP contribution in [0.15, 0.2) is 18.6 Å². The van der Waals surface area contributed by atoms with Crippen molar-refractivity contribution >= 4 is 11.0 Å². The Morgan fingerprint density at radius 3 is 3.05 bits per heavy atom. The number of nitrogens with one attached hydrogen (secondary N) is 1. The van der Waals surface area contributed by atoms with Gasteiger partial charge in [-0.05, 0) is 13.0 Å². The maximum absolute atomic E-state index is 5.05. The zero-order valence-electron chi connectivity index (χ0n) is 10.8. The molecule has 0 atom stereocenters. The van der Waals surface area contributed by atoms with E-state index in [1.807, 2.05) is 23.9 Å². The second kappa shape index (κ2) is 4.77. The van der Waals surface area contributed by atoms with E-state index in [1.165, 1.54) is 6.33 Å². The fourth-order valence-corrected chi connectivity index (χ4v) is 2.03. The van der Waals surface area contributed by atoms with Gasteiger partial charge in [-0.3, -0.25) is 0 Å². The van der Waals surface area contributed by atoms with Crippen LogP contribution in [0, 0.1) is 6.92 Å². The summed E-state index contributed by atoms with van der Waals surface area (Å²) in [6, 6.07) is 1.94. The summed E-state index contributed by atoms with van der Waals surface area (Å²) in [5.74, 6) is 0. The first-order valence-electron chi connectivity index (χ1n) is 5.98. The first-order chi connectivity index (χ1) is 9.31. The van der Waals surface area contributed by atoms with E-state index >= 15 is 0 Å². The Labute approximate surface area is 109 Å². The van der Waals surface area contributed by atoms with Crippen LogP contribution >= 0.6 is 0 Å². The van der Waals surface area contributed by atoms with Crippen LogP contribution in [0.4, 0.5) is 0 Å². The Hall–Kier alpha value is -2.28. The molecular weight excluding hydrogens is 244 g/mol. The Morgan fingerprint density at radius 2 is 2.21 bits per heavy atom. The first-order valence-corrected chi connectivity index (χ1v) is 5.98. The lowest BCUT2D eigenvalue weighted by atomic mass is 10.2. The number of H-pyrrole nitrogens is 1. The highest BCUT2D eigenvalue weighted by atomic mass is 16.5. The van der Waals surface area contributed by atoms with E-state index in [1.54, 1.807) is 7.11 Å². The normalized spacial score (nSPS) is 11.3. The number of fused-ring (bicyclic) bond motifs is 1. The van der Waals surface area contributed by atoms with Crippen LogP contribution in [0.1, 0.15) is 5.69 Å². The fraction of sp³-hybridized carbons (Fsp3) is 0.333. The van der Waals surface area contributed by atoms with Crippen molar-refractivity contribution in [1.29, 1.82) is 0 Å². The maximum Gasteiger partial charge on any atom is 0.141 e. The lowest BCUT2D eigenvalue weighted by Gasteiger charge is -2.03. The third-order valence-corrected chi connectivity index (χ3v) is 3.07. The van der Waals surface area contributed by atoms with E-state index in [4.69, 9.17) is 4.74 Å². The molecule has 0 bridgehead atoms. The van der Waals surface area contributed by atoms with E-state index in [0.717, 1.165) is 28.1 Å². The standard InChI is InChI=1S/C12H14N6O/c1-8-10(16-17-18(8)5-6-19-2)11-9-3-4-13-12(9)15-7-14-11/h3-4,7H,5-6H2,1-2H3,(H,13,14,15). The van der Waals surface area contributed by atoms with Crippen LogP contribution in [0.2, 0.25) is 0 Å². The molecule has 1 N–H and O–H groups in total. The zero-order valence-corrected chi connectivity index (χ0v) is 10.8. The second-order valence-corrected chi connectivity index (χ2v) is 4.20. The van der Waals surface area contributed by atoms with E-state index in [0.29, 0.717) is 13.2 Å². The molecule has 0 saturated carbocycles. The minimum absolute atomic E-state index is 0.604. The summed E-state index contributed by atoms with van der Waals surface area (Å²) in [6.45, 7) is 3.26. The molecule has 0 saturated heterocycles. The molecule has 98 valence electrons. The summed E-state index contributed by atoms with van der Waals surface area (Å²) in [7, 11) is 1.67. The maximum atomic E-state index is 5.05. The third-order valence-electron chi connectivity index (χ3n) is 3.07. The molecule has 7 heteroatoms. The summed E-state index contributed by atoms with van der Waals surface area (Å²) in [5.41, 5.74) is 3.35. The zero-order chi connectivity index (χ0) is 13.2. The van der Waals surface area contributed by atoms with E-state index < -0.39 is 0 Å². The summed E-state index contributed by atoms with van der Waals surface area (Å²) in [4.78, 5) is 11.6. The van der Waals surface area contributed by atoms with Crippen molar-refractivity contribution in [3.05, 3.63) is 24.3 Å². The van der Waals surface area contributed by atoms with Crippen LogP contribution in [-0.2, 0) is 11.3 Å². The van der Waals surface area contributed by atoms with Crippen molar-refractivity contribution in [2.75, 3.05) is 13.7 Å². The quantitative estimate of drug-likeness (QED) is 0.759. The number of nitrogens with zero attached hydrogens (tertiary/aromatic N) is 5. The molecule has 7 nitrogen and oxygen atoms in total. The average Bonchev–Trinajstić information content (AvgIpc) is 3.03. The number of hydrogen-bond acceptors (Lipinski definition) is 5. The molecule has 0 aliphatic heterocycles. The monoisotopic (exact) mass is 258 g/mol. The lowest BCUT2D eigenvalue weighted by Crippen LogP contribution is -2.07. The van der Waals surface area contributed by atoms with Crippen molar-refractivity contribution in [2.24, 2.45) is 0 Å². The van der Waals surface area contributed by atoms with Gasteiger partial charge in [0.1, 0.15) is 23.4 Å². The van der Waals surface area contributed by atoms with Crippen LogP contribution in [-0.4, -0.2) is 43.7 Å². The van der Waals surface area contributed by atoms with Gasteiger partial charge in [0, 0.05) is 18.7 Å². The molecule has 3 aromatic heterocycles. The molecule has 0 aliphatic carbocycles. The molecule has 3 rings (SSSR count). The molecular formula is C12H14N6O. The van der Waals surface area contributed by atoms with Crippen molar-refractivity contribution in [3.63, 3.8) is 0 Å². The van der Waals surface area contributed by atoms with Crippen LogP contribution < -0.4 is 0 Å². The Morgan fingerprint density at radius 1 is 1.32 bits per heavy atom. The third kappa shape index (κ3) is 1.97. The second-order valence-electron chi connectivity index (χ2n) is 4.20. The van der Waals surface area contributed by atoms with Gasteiger partial charge in [0.05, 0.1) is 18.8 Å². The highest BCUT2D eigenvalue weighted by Gasteiger charge is 2.15. The molecule has 0 aromatic carbocycles. The number of hydrogen-bond donors (Lipinski definition) is 1. The Balaban J connectivity index is 2.07. The van der Waals surface area contributed by atoms with Gasteiger partial charge in [-0.1, -0.05) is 5.21 Å². The van der Waals surface area contributed by atoms with Gasteiger partial charge in [0.25, 0.3) is 0 Å². The topological polar surface area (TPSA) is 81.5 Å². The minimum Gasteiger partial charge on any atom is -0.383 e. The summed E-state index contributed by atoms with van der Waals surface area (Å²) in [5, 5.41) is 9.31. The molecule has 0 radical (unpaired) electrons. The molecule has 0 unspecified atom stereocenters. The molecule has 19 heavy (non-hydrogen) atoms. The smallest absolute Gasteiger partial charge is 0.141 e. The predicted octanol–water partition coefficient (Wildman–Crippen LogP) is 1.17. The van der Waals surface area contributed by atoms with Gasteiger partial charge in [-0.15, -0.1) is 5.10 Å². The van der Waals surface area contributed by atoms with E-state index in [-0.39, 0.29) is 0 Å². The van der Waals surface area contributed by atoms with Gasteiger partial charge < -0.3 is 9.72 Å². The number of aromatic amines is 1. The van der Waals surface area contributed by atoms with Crippen LogP contribution in [0.5, 0.6) is 0 Å². The van der Waals surface area contributed by atoms with Crippen molar-refractivity contribution in [3.8, 4) is 11.4 Å². The SMILES string of the molecule is COCCn1nnc(-c2ncnc3[nH]ccc23)c1C. The number of aromatic nitrogens is 6. The highest BCUT2D eigenvalue weighted by molar-refractivity contribution is 5.89. The Kier molecular flexibility index (Phi) is 2.96. The van der Waals surface area contributed by atoms with E-state index in [9.17, 15) is 0 Å². The van der Waals surface area contributed by atoms with Gasteiger partial charge in [-0.2, -0.15) is 0 Å². The number of ether oxygens (including phenoxy) is 1. The first kappa shape index (κ1) is 11.8. The highest BCUT2D eigenvalue weighted by Crippen LogP contribution is 2.25. The molecule has 0 amide bonds. The van der Waals surface area contributed by atoms with Gasteiger partial charge >= 0.3 is 0 Å². The molecule has 0 spiro atoms. The average molecular weight is 258 g/mol. The molecule has 0 fully saturated rings. The van der Waals surface area contributed by atoms with Gasteiger partial charge in [-0.25, -0.2) is 14.6 Å². The van der Waals surface area contributed by atoms with Crippen molar-refractivity contribution < 1.29 is 4.74 Å². The lowest BCUT2D eigenvalue weighted by molar-refractivity contribution is 0.182. The van der Waals surface area contributed by atoms with Gasteiger partial charge in [0.2, 0.25) is 0 Å².